The lowest BCUT2D eigenvalue weighted by Crippen LogP contribution is -2.49. The summed E-state index contributed by atoms with van der Waals surface area (Å²) in [4.78, 5) is 32.8. The largest absolute Gasteiger partial charge is 0.481 e. The second-order valence-corrected chi connectivity index (χ2v) is 7.33. The van der Waals surface area contributed by atoms with Crippen molar-refractivity contribution >= 4 is 23.4 Å². The zero-order chi connectivity index (χ0) is 20.9. The number of benzene rings is 1. The molecule has 2 aromatic rings. The van der Waals surface area contributed by atoms with E-state index < -0.39 is 11.9 Å². The van der Waals surface area contributed by atoms with Gasteiger partial charge in [0.1, 0.15) is 5.82 Å². The molecule has 0 radical (unpaired) electrons. The molecule has 1 aromatic carbocycles. The number of carboxylic acid groups (broad SMARTS) is 1. The van der Waals surface area contributed by atoms with Crippen molar-refractivity contribution in [1.82, 2.24) is 9.88 Å². The number of pyridine rings is 1. The Kier molecular flexibility index (Phi) is 5.99. The number of fused-ring (bicyclic) bond motifs is 1. The molecule has 2 N–H and O–H groups in total. The molecule has 0 unspecified atom stereocenters. The van der Waals surface area contributed by atoms with E-state index in [2.05, 4.69) is 20.1 Å². The van der Waals surface area contributed by atoms with Crippen molar-refractivity contribution in [3.05, 3.63) is 42.6 Å². The molecule has 30 heavy (non-hydrogen) atoms. The third kappa shape index (κ3) is 4.80. The minimum atomic E-state index is -0.969. The summed E-state index contributed by atoms with van der Waals surface area (Å²) in [6.45, 7) is 3.48. The van der Waals surface area contributed by atoms with Crippen LogP contribution >= 0.6 is 0 Å². The first-order valence-electron chi connectivity index (χ1n) is 9.89. The van der Waals surface area contributed by atoms with Gasteiger partial charge in [0.15, 0.2) is 11.5 Å². The molecule has 0 spiro atoms. The topological polar surface area (TPSA) is 104 Å². The van der Waals surface area contributed by atoms with E-state index >= 15 is 0 Å². The number of carboxylic acids is 1. The molecule has 0 saturated carbocycles. The van der Waals surface area contributed by atoms with Crippen molar-refractivity contribution in [1.29, 1.82) is 0 Å². The van der Waals surface area contributed by atoms with Gasteiger partial charge in [-0.3, -0.25) is 14.5 Å². The number of hydrogen-bond acceptors (Lipinski definition) is 7. The lowest BCUT2D eigenvalue weighted by atomic mass is 10.0. The van der Waals surface area contributed by atoms with E-state index in [1.807, 2.05) is 18.2 Å². The molecule has 9 nitrogen and oxygen atoms in total. The molecule has 4 rings (SSSR count). The van der Waals surface area contributed by atoms with Gasteiger partial charge in [-0.25, -0.2) is 4.98 Å². The number of carbonyl (C=O) groups is 2. The number of amides is 1. The fourth-order valence-electron chi connectivity index (χ4n) is 3.65. The molecule has 9 heteroatoms. The second kappa shape index (κ2) is 9.00. The van der Waals surface area contributed by atoms with Crippen molar-refractivity contribution in [2.24, 2.45) is 5.92 Å². The lowest BCUT2D eigenvalue weighted by molar-refractivity contribution is -0.144. The predicted octanol–water partition coefficient (Wildman–Crippen LogP) is 1.66. The van der Waals surface area contributed by atoms with Crippen LogP contribution in [0.3, 0.4) is 0 Å². The van der Waals surface area contributed by atoms with E-state index in [9.17, 15) is 14.7 Å². The number of piperazine rings is 1. The molecule has 3 heterocycles. The normalized spacial score (nSPS) is 16.9. The third-order valence-corrected chi connectivity index (χ3v) is 5.26. The van der Waals surface area contributed by atoms with Gasteiger partial charge in [0, 0.05) is 57.1 Å². The van der Waals surface area contributed by atoms with E-state index in [0.29, 0.717) is 23.7 Å². The lowest BCUT2D eigenvalue weighted by Gasteiger charge is -2.36. The van der Waals surface area contributed by atoms with Gasteiger partial charge in [-0.05, 0) is 24.3 Å². The zero-order valence-corrected chi connectivity index (χ0v) is 16.5. The standard InChI is InChI=1S/C21H24N4O5/c26-20(23-16-4-5-17-18(12-16)30-14-29-17)11-15(21(27)28)13-24-7-9-25(10-8-24)19-3-1-2-6-22-19/h1-6,12,15H,7-11,13-14H2,(H,23,26)(H,27,28)/t15-/m0/s1. The van der Waals surface area contributed by atoms with Crippen LogP contribution in [0.15, 0.2) is 42.6 Å². The van der Waals surface area contributed by atoms with E-state index in [-0.39, 0.29) is 19.1 Å². The Bertz CT molecular complexity index is 900. The Morgan fingerprint density at radius 1 is 1.10 bits per heavy atom. The van der Waals surface area contributed by atoms with Gasteiger partial charge in [-0.15, -0.1) is 0 Å². The van der Waals surface area contributed by atoms with Crippen LogP contribution in [0, 0.1) is 5.92 Å². The summed E-state index contributed by atoms with van der Waals surface area (Å²) in [6, 6.07) is 10.9. The minimum Gasteiger partial charge on any atom is -0.481 e. The summed E-state index contributed by atoms with van der Waals surface area (Å²) in [5.41, 5.74) is 0.553. The van der Waals surface area contributed by atoms with Crippen LogP contribution in [0.4, 0.5) is 11.5 Å². The highest BCUT2D eigenvalue weighted by Crippen LogP contribution is 2.34. The highest BCUT2D eigenvalue weighted by atomic mass is 16.7. The van der Waals surface area contributed by atoms with Crippen molar-refractivity contribution in [3.63, 3.8) is 0 Å². The van der Waals surface area contributed by atoms with Crippen LogP contribution in [-0.4, -0.2) is 66.4 Å². The van der Waals surface area contributed by atoms with Gasteiger partial charge in [0.2, 0.25) is 12.7 Å². The van der Waals surface area contributed by atoms with Crippen LogP contribution in [0.25, 0.3) is 0 Å². The number of aliphatic carboxylic acids is 1. The first kappa shape index (κ1) is 20.0. The molecule has 0 aliphatic carbocycles. The molecule has 2 aliphatic heterocycles. The number of carbonyl (C=O) groups excluding carboxylic acids is 1. The number of rotatable bonds is 7. The number of anilines is 2. The Hall–Kier alpha value is -3.33. The van der Waals surface area contributed by atoms with Gasteiger partial charge in [0.05, 0.1) is 5.92 Å². The number of ether oxygens (including phenoxy) is 2. The Labute approximate surface area is 174 Å². The fourth-order valence-corrected chi connectivity index (χ4v) is 3.65. The summed E-state index contributed by atoms with van der Waals surface area (Å²) in [6.07, 6.45) is 1.67. The molecule has 2 aliphatic rings. The molecule has 1 fully saturated rings. The zero-order valence-electron chi connectivity index (χ0n) is 16.5. The third-order valence-electron chi connectivity index (χ3n) is 5.26. The number of nitrogens with zero attached hydrogens (tertiary/aromatic N) is 3. The quantitative estimate of drug-likeness (QED) is 0.708. The van der Waals surface area contributed by atoms with Gasteiger partial charge in [0.25, 0.3) is 0 Å². The maximum Gasteiger partial charge on any atom is 0.308 e. The Balaban J connectivity index is 1.29. The summed E-state index contributed by atoms with van der Waals surface area (Å²) < 4.78 is 10.5. The van der Waals surface area contributed by atoms with Crippen molar-refractivity contribution in [2.45, 2.75) is 6.42 Å². The Morgan fingerprint density at radius 3 is 2.63 bits per heavy atom. The summed E-state index contributed by atoms with van der Waals surface area (Å²) in [5, 5.41) is 12.4. The van der Waals surface area contributed by atoms with Gasteiger partial charge < -0.3 is 24.8 Å². The minimum absolute atomic E-state index is 0.0930. The fraction of sp³-hybridized carbons (Fsp3) is 0.381. The van der Waals surface area contributed by atoms with E-state index in [0.717, 1.165) is 32.0 Å². The molecule has 1 atom stereocenters. The van der Waals surface area contributed by atoms with Crippen LogP contribution in [0.2, 0.25) is 0 Å². The van der Waals surface area contributed by atoms with Gasteiger partial charge in [-0.2, -0.15) is 0 Å². The number of hydrogen-bond donors (Lipinski definition) is 2. The first-order chi connectivity index (χ1) is 14.6. The van der Waals surface area contributed by atoms with Gasteiger partial charge in [-0.1, -0.05) is 6.07 Å². The monoisotopic (exact) mass is 412 g/mol. The first-order valence-corrected chi connectivity index (χ1v) is 9.89. The summed E-state index contributed by atoms with van der Waals surface area (Å²) in [7, 11) is 0. The molecule has 0 bridgehead atoms. The average Bonchev–Trinajstić information content (AvgIpc) is 3.22. The maximum absolute atomic E-state index is 12.4. The van der Waals surface area contributed by atoms with Crippen LogP contribution < -0.4 is 19.7 Å². The molecule has 158 valence electrons. The molecule has 1 amide bonds. The predicted molar refractivity (Wildman–Crippen MR) is 110 cm³/mol. The van der Waals surface area contributed by atoms with E-state index in [1.54, 1.807) is 24.4 Å². The molecular formula is C21H24N4O5. The van der Waals surface area contributed by atoms with Crippen LogP contribution in [0.1, 0.15) is 6.42 Å². The molecular weight excluding hydrogens is 388 g/mol. The van der Waals surface area contributed by atoms with Crippen molar-refractivity contribution in [3.8, 4) is 11.5 Å². The summed E-state index contributed by atoms with van der Waals surface area (Å²) in [5.74, 6) is 0.0291. The van der Waals surface area contributed by atoms with Crippen molar-refractivity contribution < 1.29 is 24.2 Å². The second-order valence-electron chi connectivity index (χ2n) is 7.33. The highest BCUT2D eigenvalue weighted by molar-refractivity contribution is 5.93. The van der Waals surface area contributed by atoms with Crippen LogP contribution in [-0.2, 0) is 9.59 Å². The number of nitrogens with one attached hydrogen (secondary N) is 1. The number of aromatic nitrogens is 1. The van der Waals surface area contributed by atoms with Gasteiger partial charge >= 0.3 is 5.97 Å². The average molecular weight is 412 g/mol. The highest BCUT2D eigenvalue weighted by Gasteiger charge is 2.27. The van der Waals surface area contributed by atoms with Crippen molar-refractivity contribution in [2.75, 3.05) is 49.7 Å². The van der Waals surface area contributed by atoms with Crippen LogP contribution in [0.5, 0.6) is 11.5 Å². The Morgan fingerprint density at radius 2 is 1.90 bits per heavy atom. The van der Waals surface area contributed by atoms with E-state index in [4.69, 9.17) is 9.47 Å². The molecule has 1 saturated heterocycles. The van der Waals surface area contributed by atoms with E-state index in [1.165, 1.54) is 0 Å². The summed E-state index contributed by atoms with van der Waals surface area (Å²) >= 11 is 0. The smallest absolute Gasteiger partial charge is 0.308 e. The maximum atomic E-state index is 12.4. The SMILES string of the molecule is O=C(C[C@@H](CN1CCN(c2ccccn2)CC1)C(=O)O)Nc1ccc2c(c1)OCO2. The molecule has 1 aromatic heterocycles.